The number of nitrogens with zero attached hydrogens (tertiary/aromatic N) is 2. The summed E-state index contributed by atoms with van der Waals surface area (Å²) in [7, 11) is 0. The third-order valence-electron chi connectivity index (χ3n) is 3.95. The summed E-state index contributed by atoms with van der Waals surface area (Å²) in [5.41, 5.74) is 7.78. The Balaban J connectivity index is 2.09. The van der Waals surface area contributed by atoms with Gasteiger partial charge in [-0.15, -0.1) is 0 Å². The van der Waals surface area contributed by atoms with E-state index in [1.165, 1.54) is 12.8 Å². The average molecular weight is 285 g/mol. The highest BCUT2D eigenvalue weighted by atomic mass is 32.1. The molecule has 0 radical (unpaired) electrons. The first kappa shape index (κ1) is 13.3. The first-order chi connectivity index (χ1) is 9.65. The zero-order valence-corrected chi connectivity index (χ0v) is 12.5. The van der Waals surface area contributed by atoms with Gasteiger partial charge in [-0.2, -0.15) is 0 Å². The van der Waals surface area contributed by atoms with Crippen LogP contribution in [0.2, 0.25) is 0 Å². The quantitative estimate of drug-likeness (QED) is 0.861. The number of aromatic nitrogens is 1. The molecule has 2 heterocycles. The Bertz CT molecular complexity index is 653. The van der Waals surface area contributed by atoms with Gasteiger partial charge in [0.25, 0.3) is 0 Å². The number of piperidine rings is 1. The molecule has 1 aliphatic rings. The SMILES string of the molecule is CC1CCCN(c2cc(C(N)=S)c3ccccc3n2)C1. The van der Waals surface area contributed by atoms with Gasteiger partial charge in [0.2, 0.25) is 0 Å². The number of hydrogen-bond acceptors (Lipinski definition) is 3. The molecule has 0 saturated carbocycles. The predicted octanol–water partition coefficient (Wildman–Crippen LogP) is 3.11. The maximum absolute atomic E-state index is 5.89. The van der Waals surface area contributed by atoms with Crippen LogP contribution in [0.3, 0.4) is 0 Å². The number of para-hydroxylation sites is 1. The van der Waals surface area contributed by atoms with Crippen LogP contribution in [-0.4, -0.2) is 23.1 Å². The lowest BCUT2D eigenvalue weighted by Crippen LogP contribution is -2.35. The largest absolute Gasteiger partial charge is 0.389 e. The van der Waals surface area contributed by atoms with Gasteiger partial charge in [0.1, 0.15) is 10.8 Å². The van der Waals surface area contributed by atoms with Gasteiger partial charge in [0.15, 0.2) is 0 Å². The van der Waals surface area contributed by atoms with E-state index in [1.807, 2.05) is 30.3 Å². The molecule has 20 heavy (non-hydrogen) atoms. The van der Waals surface area contributed by atoms with E-state index < -0.39 is 0 Å². The first-order valence-corrected chi connectivity index (χ1v) is 7.50. The number of thiocarbonyl (C=S) groups is 1. The Morgan fingerprint density at radius 2 is 2.20 bits per heavy atom. The third-order valence-corrected chi connectivity index (χ3v) is 4.17. The smallest absolute Gasteiger partial charge is 0.129 e. The molecule has 1 fully saturated rings. The van der Waals surface area contributed by atoms with Crippen molar-refractivity contribution in [1.29, 1.82) is 0 Å². The van der Waals surface area contributed by atoms with Crippen LogP contribution < -0.4 is 10.6 Å². The Morgan fingerprint density at radius 3 is 2.95 bits per heavy atom. The van der Waals surface area contributed by atoms with Crippen molar-refractivity contribution in [3.63, 3.8) is 0 Å². The molecule has 1 aromatic carbocycles. The number of rotatable bonds is 2. The van der Waals surface area contributed by atoms with Crippen LogP contribution in [0.4, 0.5) is 5.82 Å². The van der Waals surface area contributed by atoms with E-state index in [1.54, 1.807) is 0 Å². The molecule has 1 aromatic heterocycles. The Morgan fingerprint density at radius 1 is 1.40 bits per heavy atom. The van der Waals surface area contributed by atoms with E-state index in [9.17, 15) is 0 Å². The Labute approximate surface area is 124 Å². The number of anilines is 1. The van der Waals surface area contributed by atoms with E-state index in [0.29, 0.717) is 10.9 Å². The second-order valence-corrected chi connectivity index (χ2v) is 6.04. The van der Waals surface area contributed by atoms with Crippen molar-refractivity contribution in [3.8, 4) is 0 Å². The van der Waals surface area contributed by atoms with Crippen molar-refractivity contribution in [2.75, 3.05) is 18.0 Å². The summed E-state index contributed by atoms with van der Waals surface area (Å²) < 4.78 is 0. The molecule has 104 valence electrons. The molecular weight excluding hydrogens is 266 g/mol. The number of fused-ring (bicyclic) bond motifs is 1. The summed E-state index contributed by atoms with van der Waals surface area (Å²) in [5.74, 6) is 1.71. The fraction of sp³-hybridized carbons (Fsp3) is 0.375. The molecule has 1 unspecified atom stereocenters. The van der Waals surface area contributed by atoms with Gasteiger partial charge >= 0.3 is 0 Å². The third kappa shape index (κ3) is 2.48. The molecule has 0 aliphatic carbocycles. The van der Waals surface area contributed by atoms with Crippen LogP contribution in [0.25, 0.3) is 10.9 Å². The zero-order chi connectivity index (χ0) is 14.1. The van der Waals surface area contributed by atoms with Crippen molar-refractivity contribution in [3.05, 3.63) is 35.9 Å². The number of hydrogen-bond donors (Lipinski definition) is 1. The second kappa shape index (κ2) is 5.37. The van der Waals surface area contributed by atoms with Crippen LogP contribution in [0.1, 0.15) is 25.3 Å². The highest BCUT2D eigenvalue weighted by molar-refractivity contribution is 7.80. The minimum Gasteiger partial charge on any atom is -0.389 e. The summed E-state index contributed by atoms with van der Waals surface area (Å²) in [6.45, 7) is 4.41. The van der Waals surface area contributed by atoms with Gasteiger partial charge in [-0.1, -0.05) is 37.3 Å². The second-order valence-electron chi connectivity index (χ2n) is 5.60. The Hall–Kier alpha value is -1.68. The van der Waals surface area contributed by atoms with Gasteiger partial charge < -0.3 is 10.6 Å². The number of benzene rings is 1. The molecule has 0 spiro atoms. The molecule has 0 amide bonds. The first-order valence-electron chi connectivity index (χ1n) is 7.09. The molecule has 0 bridgehead atoms. The lowest BCUT2D eigenvalue weighted by atomic mass is 10.00. The van der Waals surface area contributed by atoms with Crippen LogP contribution in [-0.2, 0) is 0 Å². The number of nitrogens with two attached hydrogens (primary N) is 1. The minimum absolute atomic E-state index is 0.440. The van der Waals surface area contributed by atoms with E-state index >= 15 is 0 Å². The zero-order valence-electron chi connectivity index (χ0n) is 11.7. The van der Waals surface area contributed by atoms with Crippen LogP contribution in [0, 0.1) is 5.92 Å². The average Bonchev–Trinajstić information content (AvgIpc) is 2.46. The monoisotopic (exact) mass is 285 g/mol. The lowest BCUT2D eigenvalue weighted by molar-refractivity contribution is 0.445. The molecule has 1 saturated heterocycles. The van der Waals surface area contributed by atoms with E-state index in [2.05, 4.69) is 11.8 Å². The van der Waals surface area contributed by atoms with E-state index in [4.69, 9.17) is 22.9 Å². The van der Waals surface area contributed by atoms with Gasteiger partial charge in [-0.25, -0.2) is 4.98 Å². The van der Waals surface area contributed by atoms with Crippen LogP contribution in [0.15, 0.2) is 30.3 Å². The summed E-state index contributed by atoms with van der Waals surface area (Å²) >= 11 is 5.21. The molecule has 1 aliphatic heterocycles. The summed E-state index contributed by atoms with van der Waals surface area (Å²) in [6, 6.07) is 10.1. The van der Waals surface area contributed by atoms with Gasteiger partial charge in [-0.05, 0) is 30.9 Å². The normalized spacial score (nSPS) is 19.2. The maximum Gasteiger partial charge on any atom is 0.129 e. The minimum atomic E-state index is 0.440. The van der Waals surface area contributed by atoms with Crippen LogP contribution >= 0.6 is 12.2 Å². The number of pyridine rings is 1. The standard InChI is InChI=1S/C16H19N3S/c1-11-5-4-8-19(10-11)15-9-13(16(17)20)12-6-2-3-7-14(12)18-15/h2-3,6-7,9,11H,4-5,8,10H2,1H3,(H2,17,20). The molecule has 1 atom stereocenters. The fourth-order valence-corrected chi connectivity index (χ4v) is 3.09. The summed E-state index contributed by atoms with van der Waals surface area (Å²) in [6.07, 6.45) is 2.52. The highest BCUT2D eigenvalue weighted by Gasteiger charge is 2.19. The van der Waals surface area contributed by atoms with Gasteiger partial charge in [0, 0.05) is 24.0 Å². The van der Waals surface area contributed by atoms with E-state index in [-0.39, 0.29) is 0 Å². The van der Waals surface area contributed by atoms with Crippen molar-refractivity contribution >= 4 is 33.9 Å². The highest BCUT2D eigenvalue weighted by Crippen LogP contribution is 2.26. The van der Waals surface area contributed by atoms with Crippen LogP contribution in [0.5, 0.6) is 0 Å². The molecule has 2 aromatic rings. The molecule has 4 heteroatoms. The Kier molecular flexibility index (Phi) is 3.57. The van der Waals surface area contributed by atoms with Crippen molar-refractivity contribution in [1.82, 2.24) is 4.98 Å². The predicted molar refractivity (Wildman–Crippen MR) is 88.2 cm³/mol. The van der Waals surface area contributed by atoms with Gasteiger partial charge in [0.05, 0.1) is 5.52 Å². The molecule has 2 N–H and O–H groups in total. The van der Waals surface area contributed by atoms with Gasteiger partial charge in [-0.3, -0.25) is 0 Å². The summed E-state index contributed by atoms with van der Waals surface area (Å²) in [5, 5.41) is 1.04. The van der Waals surface area contributed by atoms with E-state index in [0.717, 1.165) is 35.4 Å². The molecule has 3 rings (SSSR count). The molecule has 3 nitrogen and oxygen atoms in total. The molecular formula is C16H19N3S. The van der Waals surface area contributed by atoms with Crippen molar-refractivity contribution < 1.29 is 0 Å². The van der Waals surface area contributed by atoms with Crippen molar-refractivity contribution in [2.45, 2.75) is 19.8 Å². The fourth-order valence-electron chi connectivity index (χ4n) is 2.92. The van der Waals surface area contributed by atoms with Crippen molar-refractivity contribution in [2.24, 2.45) is 11.7 Å². The lowest BCUT2D eigenvalue weighted by Gasteiger charge is -2.32. The summed E-state index contributed by atoms with van der Waals surface area (Å²) in [4.78, 5) is 7.58. The topological polar surface area (TPSA) is 42.1 Å². The maximum atomic E-state index is 5.89.